The number of nitrogens with one attached hydrogen (secondary N) is 2. The number of fused-ring (bicyclic) bond motifs is 1. The molecule has 2 atom stereocenters. The Morgan fingerprint density at radius 2 is 2.18 bits per heavy atom. The molecular formula is C19H15ClF3N5O4S. The van der Waals surface area contributed by atoms with E-state index in [-0.39, 0.29) is 34.4 Å². The number of methoxy groups -OCH3 is 1. The normalized spacial score (nSPS) is 17.7. The Balaban J connectivity index is 1.69. The van der Waals surface area contributed by atoms with Gasteiger partial charge in [0.25, 0.3) is 11.6 Å². The molecule has 0 bridgehead atoms. The van der Waals surface area contributed by atoms with Crippen molar-refractivity contribution in [3.05, 3.63) is 61.4 Å². The molecule has 3 aromatic rings. The van der Waals surface area contributed by atoms with Gasteiger partial charge < -0.3 is 15.4 Å². The number of aromatic nitrogens is 2. The van der Waals surface area contributed by atoms with E-state index >= 15 is 0 Å². The van der Waals surface area contributed by atoms with Crippen molar-refractivity contribution in [2.45, 2.75) is 24.7 Å². The van der Waals surface area contributed by atoms with Gasteiger partial charge >= 0.3 is 6.18 Å². The van der Waals surface area contributed by atoms with Crippen molar-refractivity contribution in [1.29, 1.82) is 0 Å². The van der Waals surface area contributed by atoms with E-state index in [9.17, 15) is 28.1 Å². The number of hydrogen-bond donors (Lipinski definition) is 2. The molecule has 0 aliphatic carbocycles. The monoisotopic (exact) mass is 501 g/mol. The zero-order valence-corrected chi connectivity index (χ0v) is 18.3. The Hall–Kier alpha value is -3.32. The third kappa shape index (κ3) is 4.46. The summed E-state index contributed by atoms with van der Waals surface area (Å²) in [6, 6.07) is 4.31. The molecule has 3 heterocycles. The number of alkyl halides is 3. The molecular weight excluding hydrogens is 487 g/mol. The van der Waals surface area contributed by atoms with Gasteiger partial charge in [0.1, 0.15) is 16.6 Å². The van der Waals surface area contributed by atoms with Gasteiger partial charge in [-0.25, -0.2) is 4.68 Å². The Morgan fingerprint density at radius 1 is 1.42 bits per heavy atom. The van der Waals surface area contributed by atoms with E-state index in [4.69, 9.17) is 16.3 Å². The van der Waals surface area contributed by atoms with Crippen LogP contribution >= 0.6 is 22.9 Å². The number of amides is 1. The van der Waals surface area contributed by atoms with Crippen LogP contribution in [-0.4, -0.2) is 33.9 Å². The summed E-state index contributed by atoms with van der Waals surface area (Å²) in [7, 11) is 1.29. The second-order valence-corrected chi connectivity index (χ2v) is 8.45. The van der Waals surface area contributed by atoms with Gasteiger partial charge in [0.05, 0.1) is 29.8 Å². The lowest BCUT2D eigenvalue weighted by Crippen LogP contribution is -2.35. The lowest BCUT2D eigenvalue weighted by atomic mass is 10.0. The van der Waals surface area contributed by atoms with Crippen LogP contribution in [0.4, 0.5) is 30.4 Å². The number of thiophene rings is 1. The number of rotatable bonds is 5. The zero-order chi connectivity index (χ0) is 23.9. The average Bonchev–Trinajstić information content (AvgIpc) is 3.40. The predicted molar refractivity (Wildman–Crippen MR) is 115 cm³/mol. The summed E-state index contributed by atoms with van der Waals surface area (Å²) in [5.74, 6) is -0.961. The summed E-state index contributed by atoms with van der Waals surface area (Å²) in [6.07, 6.45) is -4.97. The lowest BCUT2D eigenvalue weighted by molar-refractivity contribution is -0.384. The molecule has 4 rings (SSSR count). The molecule has 0 saturated carbocycles. The number of nitro benzene ring substituents is 1. The van der Waals surface area contributed by atoms with Crippen LogP contribution in [0.5, 0.6) is 5.75 Å². The molecule has 2 aromatic heterocycles. The molecule has 1 aromatic carbocycles. The van der Waals surface area contributed by atoms with Crippen LogP contribution in [0.3, 0.4) is 0 Å². The number of benzene rings is 1. The molecule has 2 N–H and O–H groups in total. The number of carbonyl (C=O) groups is 1. The zero-order valence-electron chi connectivity index (χ0n) is 16.7. The van der Waals surface area contributed by atoms with Gasteiger partial charge in [-0.15, -0.1) is 11.3 Å². The summed E-state index contributed by atoms with van der Waals surface area (Å²) in [6.45, 7) is 0. The molecule has 0 spiro atoms. The number of halogens is 4. The van der Waals surface area contributed by atoms with E-state index in [1.807, 2.05) is 0 Å². The third-order valence-electron chi connectivity index (χ3n) is 4.99. The molecule has 9 nitrogen and oxygen atoms in total. The van der Waals surface area contributed by atoms with E-state index in [1.165, 1.54) is 24.5 Å². The first-order valence-electron chi connectivity index (χ1n) is 9.38. The second-order valence-electron chi connectivity index (χ2n) is 7.09. The highest BCUT2D eigenvalue weighted by Gasteiger charge is 2.48. The maximum atomic E-state index is 13.8. The number of hydrogen-bond acceptors (Lipinski definition) is 7. The second kappa shape index (κ2) is 8.56. The van der Waals surface area contributed by atoms with E-state index in [1.54, 1.807) is 17.5 Å². The predicted octanol–water partition coefficient (Wildman–Crippen LogP) is 5.43. The van der Waals surface area contributed by atoms with E-state index < -0.39 is 34.8 Å². The largest absolute Gasteiger partial charge is 0.496 e. The fourth-order valence-corrected chi connectivity index (χ4v) is 4.54. The Labute approximate surface area is 193 Å². The van der Waals surface area contributed by atoms with Crippen molar-refractivity contribution in [1.82, 2.24) is 9.78 Å². The molecule has 33 heavy (non-hydrogen) atoms. The number of ether oxygens (including phenoxy) is 1. The first kappa shape index (κ1) is 22.9. The summed E-state index contributed by atoms with van der Waals surface area (Å²) < 4.78 is 47.1. The van der Waals surface area contributed by atoms with Crippen molar-refractivity contribution in [3.8, 4) is 5.75 Å². The molecule has 14 heteroatoms. The minimum absolute atomic E-state index is 0.00937. The van der Waals surface area contributed by atoms with Gasteiger partial charge in [-0.2, -0.15) is 18.3 Å². The molecule has 1 aliphatic rings. The Morgan fingerprint density at radius 3 is 2.79 bits per heavy atom. The van der Waals surface area contributed by atoms with Gasteiger partial charge in [0.2, 0.25) is 0 Å². The highest BCUT2D eigenvalue weighted by Crippen LogP contribution is 2.47. The number of anilines is 2. The smallest absolute Gasteiger partial charge is 0.410 e. The minimum atomic E-state index is -4.64. The summed E-state index contributed by atoms with van der Waals surface area (Å²) >= 11 is 7.58. The number of non-ortho nitro benzene ring substituents is 1. The lowest BCUT2D eigenvalue weighted by Gasteiger charge is -2.32. The van der Waals surface area contributed by atoms with Crippen LogP contribution < -0.4 is 15.4 Å². The van der Waals surface area contributed by atoms with Crippen molar-refractivity contribution in [2.75, 3.05) is 17.7 Å². The van der Waals surface area contributed by atoms with Gasteiger partial charge in [-0.05, 0) is 11.4 Å². The van der Waals surface area contributed by atoms with E-state index in [2.05, 4.69) is 15.7 Å². The van der Waals surface area contributed by atoms with Gasteiger partial charge in [-0.1, -0.05) is 17.7 Å². The van der Waals surface area contributed by atoms with Crippen molar-refractivity contribution in [3.63, 3.8) is 0 Å². The number of nitro groups is 1. The van der Waals surface area contributed by atoms with Crippen LogP contribution in [0.1, 0.15) is 33.9 Å². The van der Waals surface area contributed by atoms with Crippen molar-refractivity contribution >= 4 is 46.0 Å². The Bertz CT molecular complexity index is 1210. The molecule has 0 unspecified atom stereocenters. The van der Waals surface area contributed by atoms with Crippen LogP contribution in [0, 0.1) is 10.1 Å². The first-order chi connectivity index (χ1) is 15.6. The Kier molecular flexibility index (Phi) is 5.93. The summed E-state index contributed by atoms with van der Waals surface area (Å²) in [4.78, 5) is 23.9. The van der Waals surface area contributed by atoms with E-state index in [0.717, 1.165) is 12.1 Å². The molecule has 0 fully saturated rings. The molecule has 0 saturated heterocycles. The maximum Gasteiger partial charge on any atom is 0.410 e. The van der Waals surface area contributed by atoms with E-state index in [0.29, 0.717) is 9.56 Å². The standard InChI is InChI=1S/C19H15ClF3N5O4S/c1-32-11-6-9(5-10(7-11)28(30)31)24-18(29)16-15(20)17-25-12(13-3-2-4-33-13)8-14(19(21,22)23)27(17)26-16/h2-7,12,14,25H,8H2,1H3,(H,24,29)/t12-,14+/m1/s1. The van der Waals surface area contributed by atoms with Crippen molar-refractivity contribution in [2.24, 2.45) is 0 Å². The fourth-order valence-electron chi connectivity index (χ4n) is 3.48. The summed E-state index contributed by atoms with van der Waals surface area (Å²) in [5, 5.41) is 21.7. The first-order valence-corrected chi connectivity index (χ1v) is 10.6. The topological polar surface area (TPSA) is 111 Å². The van der Waals surface area contributed by atoms with Gasteiger partial charge in [-0.3, -0.25) is 14.9 Å². The number of nitrogens with zero attached hydrogens (tertiary/aromatic N) is 3. The average molecular weight is 502 g/mol. The van der Waals surface area contributed by atoms with Crippen LogP contribution in [0.2, 0.25) is 5.02 Å². The highest BCUT2D eigenvalue weighted by molar-refractivity contribution is 7.10. The molecule has 1 aliphatic heterocycles. The highest BCUT2D eigenvalue weighted by atomic mass is 35.5. The molecule has 174 valence electrons. The van der Waals surface area contributed by atoms with Crippen LogP contribution in [0.15, 0.2) is 35.7 Å². The van der Waals surface area contributed by atoms with Gasteiger partial charge in [0, 0.05) is 23.4 Å². The van der Waals surface area contributed by atoms with Gasteiger partial charge in [0.15, 0.2) is 11.7 Å². The fraction of sp³-hybridized carbons (Fsp3) is 0.263. The quantitative estimate of drug-likeness (QED) is 0.356. The molecule has 1 amide bonds. The third-order valence-corrected chi connectivity index (χ3v) is 6.34. The number of carbonyl (C=O) groups excluding carboxylic acids is 1. The molecule has 0 radical (unpaired) electrons. The van der Waals surface area contributed by atoms with Crippen LogP contribution in [0.25, 0.3) is 0 Å². The van der Waals surface area contributed by atoms with Crippen molar-refractivity contribution < 1.29 is 27.6 Å². The minimum Gasteiger partial charge on any atom is -0.496 e. The maximum absolute atomic E-state index is 13.8. The summed E-state index contributed by atoms with van der Waals surface area (Å²) in [5.41, 5.74) is -0.812. The van der Waals surface area contributed by atoms with Crippen LogP contribution in [-0.2, 0) is 0 Å². The SMILES string of the molecule is COc1cc(NC(=O)c2nn3c(c2Cl)N[C@@H](c2cccs2)C[C@H]3C(F)(F)F)cc([N+](=O)[O-])c1.